The highest BCUT2D eigenvalue weighted by Crippen LogP contribution is 2.31. The molecule has 0 unspecified atom stereocenters. The van der Waals surface area contributed by atoms with Crippen LogP contribution in [-0.2, 0) is 0 Å². The molecule has 32 heavy (non-hydrogen) atoms. The fourth-order valence-corrected chi connectivity index (χ4v) is 3.56. The van der Waals surface area contributed by atoms with Gasteiger partial charge in [-0.05, 0) is 75.6 Å². The fraction of sp³-hybridized carbons (Fsp3) is 0.429. The lowest BCUT2D eigenvalue weighted by Gasteiger charge is -2.27. The molecule has 7 nitrogen and oxygen atoms in total. The van der Waals surface area contributed by atoms with Gasteiger partial charge < -0.3 is 22.1 Å². The smallest absolute Gasteiger partial charge is 0.261 e. The topological polar surface area (TPSA) is 113 Å². The second-order valence-electron chi connectivity index (χ2n) is 7.08. The van der Waals surface area contributed by atoms with Crippen LogP contribution in [-0.4, -0.2) is 56.0 Å². The first-order valence-corrected chi connectivity index (χ1v) is 9.93. The van der Waals surface area contributed by atoms with Gasteiger partial charge in [0.05, 0.1) is 5.56 Å². The molecular weight excluding hydrogens is 496 g/mol. The number of nitrogen functional groups attached to an aromatic ring is 1. The van der Waals surface area contributed by atoms with Crippen molar-refractivity contribution in [2.75, 3.05) is 45.0 Å². The minimum absolute atomic E-state index is 0. The Morgan fingerprint density at radius 3 is 2.03 bits per heavy atom. The van der Waals surface area contributed by atoms with Gasteiger partial charge in [0.2, 0.25) is 0 Å². The number of benzene rings is 2. The molecular formula is C21H33Cl4N5O2. The summed E-state index contributed by atoms with van der Waals surface area (Å²) in [6.07, 6.45) is 2.74. The Morgan fingerprint density at radius 2 is 1.38 bits per heavy atom. The number of nitrogens with one attached hydrogen (secondary N) is 2. The first-order valence-electron chi connectivity index (χ1n) is 9.93. The third kappa shape index (κ3) is 7.92. The third-order valence-electron chi connectivity index (χ3n) is 4.95. The molecule has 1 heterocycles. The van der Waals surface area contributed by atoms with Gasteiger partial charge in [0, 0.05) is 23.2 Å². The molecule has 0 fully saturated rings. The minimum atomic E-state index is -0.259. The van der Waals surface area contributed by atoms with Crippen molar-refractivity contribution in [3.05, 3.63) is 41.5 Å². The molecule has 0 aromatic heterocycles. The van der Waals surface area contributed by atoms with Gasteiger partial charge in [-0.3, -0.25) is 14.5 Å². The maximum absolute atomic E-state index is 12.9. The fourth-order valence-electron chi connectivity index (χ4n) is 3.56. The second-order valence-corrected chi connectivity index (χ2v) is 7.08. The van der Waals surface area contributed by atoms with E-state index in [-0.39, 0.29) is 61.4 Å². The van der Waals surface area contributed by atoms with E-state index in [4.69, 9.17) is 11.5 Å². The summed E-state index contributed by atoms with van der Waals surface area (Å²) in [7, 11) is 0. The summed E-state index contributed by atoms with van der Waals surface area (Å²) in [4.78, 5) is 27.0. The molecule has 0 radical (unpaired) electrons. The Labute approximate surface area is 214 Å². The Hall–Kier alpha value is -1.32. The highest BCUT2D eigenvalue weighted by Gasteiger charge is 2.32. The maximum Gasteiger partial charge on any atom is 0.261 e. The number of imide groups is 1. The number of nitrogens with zero attached hydrogens (tertiary/aromatic N) is 1. The quantitative estimate of drug-likeness (QED) is 0.202. The summed E-state index contributed by atoms with van der Waals surface area (Å²) in [5.41, 5.74) is 13.0. The van der Waals surface area contributed by atoms with Gasteiger partial charge in [0.1, 0.15) is 0 Å². The molecule has 182 valence electrons. The van der Waals surface area contributed by atoms with Crippen LogP contribution >= 0.6 is 49.6 Å². The van der Waals surface area contributed by atoms with Crippen molar-refractivity contribution < 1.29 is 9.59 Å². The molecule has 11 heteroatoms. The molecule has 0 bridgehead atoms. The van der Waals surface area contributed by atoms with Crippen LogP contribution in [0.2, 0.25) is 0 Å². The van der Waals surface area contributed by atoms with Crippen LogP contribution in [0, 0.1) is 0 Å². The zero-order chi connectivity index (χ0) is 19.9. The zero-order valence-corrected chi connectivity index (χ0v) is 21.1. The van der Waals surface area contributed by atoms with Gasteiger partial charge in [-0.15, -0.1) is 49.6 Å². The Morgan fingerprint density at radius 1 is 0.781 bits per heavy atom. The Bertz CT molecular complexity index is 869. The van der Waals surface area contributed by atoms with Gasteiger partial charge >= 0.3 is 0 Å². The number of anilines is 1. The molecule has 1 aliphatic heterocycles. The minimum Gasteiger partial charge on any atom is -0.399 e. The van der Waals surface area contributed by atoms with E-state index in [1.165, 1.54) is 4.90 Å². The van der Waals surface area contributed by atoms with Crippen molar-refractivity contribution in [1.82, 2.24) is 15.5 Å². The van der Waals surface area contributed by atoms with Crippen LogP contribution in [0.25, 0.3) is 10.8 Å². The average molecular weight is 529 g/mol. The SMILES string of the molecule is Cl.Cl.Cl.Cl.NCCCNCCCNCCCN1C(=O)c2cccc3cc(N)cc(c23)C1=O. The van der Waals surface area contributed by atoms with Crippen LogP contribution < -0.4 is 22.1 Å². The Balaban J connectivity index is 0. The van der Waals surface area contributed by atoms with E-state index in [1.54, 1.807) is 18.2 Å². The summed E-state index contributed by atoms with van der Waals surface area (Å²) in [5, 5.41) is 8.24. The lowest BCUT2D eigenvalue weighted by molar-refractivity contribution is 0.0609. The number of carbonyl (C=O) groups excluding carboxylic acids is 2. The van der Waals surface area contributed by atoms with E-state index in [0.717, 1.165) is 44.4 Å². The van der Waals surface area contributed by atoms with Crippen LogP contribution in [0.4, 0.5) is 5.69 Å². The van der Waals surface area contributed by atoms with E-state index in [0.29, 0.717) is 41.7 Å². The van der Waals surface area contributed by atoms with Crippen molar-refractivity contribution in [3.8, 4) is 0 Å². The van der Waals surface area contributed by atoms with E-state index in [9.17, 15) is 9.59 Å². The van der Waals surface area contributed by atoms with Gasteiger partial charge in [0.25, 0.3) is 11.8 Å². The molecule has 0 saturated carbocycles. The largest absolute Gasteiger partial charge is 0.399 e. The Kier molecular flexibility index (Phi) is 16.8. The van der Waals surface area contributed by atoms with Crippen molar-refractivity contribution in [2.45, 2.75) is 19.3 Å². The molecule has 0 atom stereocenters. The summed E-state index contributed by atoms with van der Waals surface area (Å²) in [6.45, 7) is 4.67. The highest BCUT2D eigenvalue weighted by atomic mass is 35.5. The van der Waals surface area contributed by atoms with E-state index in [2.05, 4.69) is 10.6 Å². The van der Waals surface area contributed by atoms with E-state index in [1.807, 2.05) is 12.1 Å². The molecule has 0 saturated heterocycles. The predicted molar refractivity (Wildman–Crippen MR) is 141 cm³/mol. The van der Waals surface area contributed by atoms with Crippen LogP contribution in [0.15, 0.2) is 30.3 Å². The first-order chi connectivity index (χ1) is 13.6. The van der Waals surface area contributed by atoms with Gasteiger partial charge in [-0.1, -0.05) is 12.1 Å². The standard InChI is InChI=1S/C21H29N5O2.4ClH/c22-7-2-8-24-9-3-10-25-11-4-12-26-20(27)17-6-1-5-15-13-16(23)14-18(19(15)17)21(26)28;;;;/h1,5-6,13-14,24-25H,2-4,7-12,22-23H2;4*1H. The lowest BCUT2D eigenvalue weighted by atomic mass is 9.93. The number of hydrogen-bond acceptors (Lipinski definition) is 6. The zero-order valence-electron chi connectivity index (χ0n) is 17.8. The summed E-state index contributed by atoms with van der Waals surface area (Å²) < 4.78 is 0. The number of amides is 2. The number of rotatable bonds is 11. The van der Waals surface area contributed by atoms with Crippen molar-refractivity contribution in [1.29, 1.82) is 0 Å². The third-order valence-corrected chi connectivity index (χ3v) is 4.95. The van der Waals surface area contributed by atoms with Gasteiger partial charge in [-0.25, -0.2) is 0 Å². The van der Waals surface area contributed by atoms with Crippen LogP contribution in [0.3, 0.4) is 0 Å². The summed E-state index contributed by atoms with van der Waals surface area (Å²) in [6, 6.07) is 8.95. The number of carbonyl (C=O) groups is 2. The molecule has 2 aromatic carbocycles. The van der Waals surface area contributed by atoms with Gasteiger partial charge in [-0.2, -0.15) is 0 Å². The van der Waals surface area contributed by atoms with Crippen LogP contribution in [0.5, 0.6) is 0 Å². The molecule has 2 aromatic rings. The van der Waals surface area contributed by atoms with E-state index < -0.39 is 0 Å². The normalized spacial score (nSPS) is 11.8. The number of nitrogens with two attached hydrogens (primary N) is 2. The molecule has 0 aliphatic carbocycles. The molecule has 2 amide bonds. The van der Waals surface area contributed by atoms with Crippen LogP contribution in [0.1, 0.15) is 40.0 Å². The monoisotopic (exact) mass is 527 g/mol. The molecule has 3 rings (SSSR count). The first kappa shape index (κ1) is 32.9. The maximum atomic E-state index is 12.9. The average Bonchev–Trinajstić information content (AvgIpc) is 2.69. The highest BCUT2D eigenvalue weighted by molar-refractivity contribution is 6.25. The molecule has 0 spiro atoms. The predicted octanol–water partition coefficient (Wildman–Crippen LogP) is 3.01. The van der Waals surface area contributed by atoms with E-state index >= 15 is 0 Å². The summed E-state index contributed by atoms with van der Waals surface area (Å²) in [5.74, 6) is -0.484. The lowest BCUT2D eigenvalue weighted by Crippen LogP contribution is -2.41. The molecule has 6 N–H and O–H groups in total. The van der Waals surface area contributed by atoms with Gasteiger partial charge in [0.15, 0.2) is 0 Å². The van der Waals surface area contributed by atoms with Crippen molar-refractivity contribution >= 4 is 77.9 Å². The number of hydrogen-bond donors (Lipinski definition) is 4. The van der Waals surface area contributed by atoms with Crippen molar-refractivity contribution in [3.63, 3.8) is 0 Å². The summed E-state index contributed by atoms with van der Waals surface area (Å²) >= 11 is 0. The van der Waals surface area contributed by atoms with Crippen molar-refractivity contribution in [2.24, 2.45) is 5.73 Å². The second kappa shape index (κ2) is 16.3. The number of halogens is 4. The molecule has 1 aliphatic rings.